The van der Waals surface area contributed by atoms with E-state index in [1.165, 1.54) is 12.8 Å². The number of primary amides is 1. The zero-order chi connectivity index (χ0) is 15.0. The summed E-state index contributed by atoms with van der Waals surface area (Å²) in [5, 5.41) is 3.58. The summed E-state index contributed by atoms with van der Waals surface area (Å²) >= 11 is 0. The number of nitrogens with one attached hydrogen (secondary N) is 1. The van der Waals surface area contributed by atoms with E-state index in [1.807, 2.05) is 11.9 Å². The Morgan fingerprint density at radius 2 is 1.81 bits per heavy atom. The highest BCUT2D eigenvalue weighted by atomic mass is 16.2. The third-order valence-electron chi connectivity index (χ3n) is 4.71. The summed E-state index contributed by atoms with van der Waals surface area (Å²) in [5.74, 6) is -0.545. The minimum absolute atomic E-state index is 0.0376. The van der Waals surface area contributed by atoms with Gasteiger partial charge in [0.1, 0.15) is 0 Å². The van der Waals surface area contributed by atoms with E-state index < -0.39 is 5.91 Å². The molecule has 5 heteroatoms. The molecule has 0 aliphatic carbocycles. The Labute approximate surface area is 124 Å². The minimum atomic E-state index is -0.507. The summed E-state index contributed by atoms with van der Waals surface area (Å²) in [6.07, 6.45) is 4.43. The SMILES string of the molecule is CN(C(=O)c1cccc(C(N)=O)c1)C1CC2CCC(C1)N2. The fourth-order valence-corrected chi connectivity index (χ4v) is 3.52. The van der Waals surface area contributed by atoms with E-state index in [9.17, 15) is 9.59 Å². The molecule has 0 saturated carbocycles. The van der Waals surface area contributed by atoms with Gasteiger partial charge in [0, 0.05) is 36.3 Å². The molecule has 2 amide bonds. The molecule has 0 radical (unpaired) electrons. The molecule has 0 aromatic heterocycles. The van der Waals surface area contributed by atoms with Crippen molar-refractivity contribution in [3.8, 4) is 0 Å². The van der Waals surface area contributed by atoms with Crippen molar-refractivity contribution in [2.75, 3.05) is 7.05 Å². The highest BCUT2D eigenvalue weighted by molar-refractivity contribution is 5.99. The van der Waals surface area contributed by atoms with Crippen LogP contribution in [0.5, 0.6) is 0 Å². The van der Waals surface area contributed by atoms with Gasteiger partial charge in [0.15, 0.2) is 0 Å². The first-order valence-corrected chi connectivity index (χ1v) is 7.47. The summed E-state index contributed by atoms with van der Waals surface area (Å²) < 4.78 is 0. The van der Waals surface area contributed by atoms with Crippen LogP contribution in [0.15, 0.2) is 24.3 Å². The first-order chi connectivity index (χ1) is 10.0. The van der Waals surface area contributed by atoms with Crippen molar-refractivity contribution < 1.29 is 9.59 Å². The van der Waals surface area contributed by atoms with Crippen LogP contribution >= 0.6 is 0 Å². The second-order valence-corrected chi connectivity index (χ2v) is 6.12. The molecule has 0 spiro atoms. The highest BCUT2D eigenvalue weighted by Gasteiger charge is 2.36. The molecular formula is C16H21N3O2. The predicted molar refractivity (Wildman–Crippen MR) is 80.0 cm³/mol. The van der Waals surface area contributed by atoms with Gasteiger partial charge in [-0.3, -0.25) is 9.59 Å². The number of piperidine rings is 1. The molecule has 2 fully saturated rings. The van der Waals surface area contributed by atoms with E-state index in [0.717, 1.165) is 12.8 Å². The Morgan fingerprint density at radius 1 is 1.19 bits per heavy atom. The fourth-order valence-electron chi connectivity index (χ4n) is 3.52. The van der Waals surface area contributed by atoms with E-state index in [2.05, 4.69) is 5.32 Å². The molecule has 112 valence electrons. The molecule has 5 nitrogen and oxygen atoms in total. The summed E-state index contributed by atoms with van der Waals surface area (Å²) in [4.78, 5) is 25.7. The van der Waals surface area contributed by atoms with Crippen LogP contribution in [-0.2, 0) is 0 Å². The maximum absolute atomic E-state index is 12.6. The Kier molecular flexibility index (Phi) is 3.68. The largest absolute Gasteiger partial charge is 0.366 e. The monoisotopic (exact) mass is 287 g/mol. The second-order valence-electron chi connectivity index (χ2n) is 6.12. The Morgan fingerprint density at radius 3 is 2.43 bits per heavy atom. The predicted octanol–water partition coefficient (Wildman–Crippen LogP) is 1.14. The summed E-state index contributed by atoms with van der Waals surface area (Å²) in [5.41, 5.74) is 6.18. The number of nitrogens with zero attached hydrogens (tertiary/aromatic N) is 1. The first-order valence-electron chi connectivity index (χ1n) is 7.47. The standard InChI is InChI=1S/C16H21N3O2/c1-19(14-8-12-5-6-13(9-14)18-12)16(21)11-4-2-3-10(7-11)15(17)20/h2-4,7,12-14,18H,5-6,8-9H2,1H3,(H2,17,20). The average molecular weight is 287 g/mol. The van der Waals surface area contributed by atoms with Crippen LogP contribution in [0.4, 0.5) is 0 Å². The lowest BCUT2D eigenvalue weighted by molar-refractivity contribution is 0.0681. The maximum atomic E-state index is 12.6. The summed E-state index contributed by atoms with van der Waals surface area (Å²) in [7, 11) is 1.86. The Bertz CT molecular complexity index is 560. The van der Waals surface area contributed by atoms with Gasteiger partial charge in [0.25, 0.3) is 5.91 Å². The van der Waals surface area contributed by atoms with Gasteiger partial charge in [-0.2, -0.15) is 0 Å². The molecule has 1 aromatic carbocycles. The van der Waals surface area contributed by atoms with Gasteiger partial charge in [-0.1, -0.05) is 6.07 Å². The number of amides is 2. The van der Waals surface area contributed by atoms with Crippen molar-refractivity contribution in [3.63, 3.8) is 0 Å². The number of rotatable bonds is 3. The van der Waals surface area contributed by atoms with Crippen molar-refractivity contribution in [2.24, 2.45) is 5.73 Å². The van der Waals surface area contributed by atoms with Gasteiger partial charge >= 0.3 is 0 Å². The van der Waals surface area contributed by atoms with Gasteiger partial charge in [-0.15, -0.1) is 0 Å². The molecule has 2 atom stereocenters. The van der Waals surface area contributed by atoms with Crippen LogP contribution in [0.2, 0.25) is 0 Å². The molecule has 21 heavy (non-hydrogen) atoms. The number of nitrogens with two attached hydrogens (primary N) is 1. The quantitative estimate of drug-likeness (QED) is 0.875. The smallest absolute Gasteiger partial charge is 0.253 e. The topological polar surface area (TPSA) is 75.4 Å². The maximum Gasteiger partial charge on any atom is 0.253 e. The lowest BCUT2D eigenvalue weighted by Crippen LogP contribution is -2.48. The molecule has 3 N–H and O–H groups in total. The normalized spacial score (nSPS) is 27.4. The van der Waals surface area contributed by atoms with E-state index in [-0.39, 0.29) is 11.9 Å². The van der Waals surface area contributed by atoms with E-state index in [1.54, 1.807) is 24.3 Å². The summed E-state index contributed by atoms with van der Waals surface area (Å²) in [6.45, 7) is 0. The molecular weight excluding hydrogens is 266 g/mol. The first kappa shape index (κ1) is 14.1. The molecule has 2 aliphatic rings. The van der Waals surface area contributed by atoms with Gasteiger partial charge in [-0.25, -0.2) is 0 Å². The molecule has 2 bridgehead atoms. The molecule has 2 unspecified atom stereocenters. The molecule has 1 aromatic rings. The Balaban J connectivity index is 1.75. The average Bonchev–Trinajstić information content (AvgIpc) is 2.84. The lowest BCUT2D eigenvalue weighted by atomic mass is 9.97. The van der Waals surface area contributed by atoms with Gasteiger partial charge < -0.3 is 16.0 Å². The molecule has 2 saturated heterocycles. The van der Waals surface area contributed by atoms with E-state index >= 15 is 0 Å². The van der Waals surface area contributed by atoms with Gasteiger partial charge in [0.05, 0.1) is 0 Å². The fraction of sp³-hybridized carbons (Fsp3) is 0.500. The number of hydrogen-bond acceptors (Lipinski definition) is 3. The third-order valence-corrected chi connectivity index (χ3v) is 4.71. The van der Waals surface area contributed by atoms with Crippen molar-refractivity contribution in [2.45, 2.75) is 43.8 Å². The van der Waals surface area contributed by atoms with E-state index in [4.69, 9.17) is 5.73 Å². The second kappa shape index (κ2) is 5.48. The van der Waals surface area contributed by atoms with Crippen LogP contribution in [0.25, 0.3) is 0 Å². The van der Waals surface area contributed by atoms with Crippen LogP contribution in [-0.4, -0.2) is 41.9 Å². The van der Waals surface area contributed by atoms with Crippen molar-refractivity contribution >= 4 is 11.8 Å². The number of benzene rings is 1. The van der Waals surface area contributed by atoms with E-state index in [0.29, 0.717) is 23.2 Å². The van der Waals surface area contributed by atoms with Crippen molar-refractivity contribution in [3.05, 3.63) is 35.4 Å². The zero-order valence-electron chi connectivity index (χ0n) is 12.2. The molecule has 3 rings (SSSR count). The summed E-state index contributed by atoms with van der Waals surface area (Å²) in [6, 6.07) is 8.00. The van der Waals surface area contributed by atoms with Gasteiger partial charge in [0.2, 0.25) is 5.91 Å². The van der Waals surface area contributed by atoms with Crippen LogP contribution in [0, 0.1) is 0 Å². The third kappa shape index (κ3) is 2.78. The number of carbonyl (C=O) groups is 2. The zero-order valence-corrected chi connectivity index (χ0v) is 12.2. The minimum Gasteiger partial charge on any atom is -0.366 e. The number of fused-ring (bicyclic) bond motifs is 2. The lowest BCUT2D eigenvalue weighted by Gasteiger charge is -2.35. The highest BCUT2D eigenvalue weighted by Crippen LogP contribution is 2.29. The van der Waals surface area contributed by atoms with Crippen molar-refractivity contribution in [1.82, 2.24) is 10.2 Å². The van der Waals surface area contributed by atoms with Crippen LogP contribution in [0.1, 0.15) is 46.4 Å². The van der Waals surface area contributed by atoms with Crippen molar-refractivity contribution in [1.29, 1.82) is 0 Å². The van der Waals surface area contributed by atoms with Gasteiger partial charge in [-0.05, 0) is 43.9 Å². The van der Waals surface area contributed by atoms with Crippen LogP contribution in [0.3, 0.4) is 0 Å². The molecule has 2 aliphatic heterocycles. The molecule has 2 heterocycles. The Hall–Kier alpha value is -1.88. The number of carbonyl (C=O) groups excluding carboxylic acids is 2. The number of hydrogen-bond donors (Lipinski definition) is 2. The van der Waals surface area contributed by atoms with Crippen LogP contribution < -0.4 is 11.1 Å².